The zero-order valence-electron chi connectivity index (χ0n) is 11.5. The fourth-order valence-electron chi connectivity index (χ4n) is 2.80. The van der Waals surface area contributed by atoms with Crippen LogP contribution in [0, 0.1) is 5.92 Å². The highest BCUT2D eigenvalue weighted by atomic mass is 16.4. The molecule has 19 heavy (non-hydrogen) atoms. The summed E-state index contributed by atoms with van der Waals surface area (Å²) in [5, 5.41) is 8.78. The first kappa shape index (κ1) is 14.0. The monoisotopic (exact) mass is 262 g/mol. The van der Waals surface area contributed by atoms with E-state index in [0.717, 1.165) is 32.6 Å². The van der Waals surface area contributed by atoms with Gasteiger partial charge in [-0.1, -0.05) is 30.3 Å². The number of rotatable bonds is 6. The van der Waals surface area contributed by atoms with Gasteiger partial charge in [-0.15, -0.1) is 0 Å². The summed E-state index contributed by atoms with van der Waals surface area (Å²) in [6, 6.07) is 10.4. The van der Waals surface area contributed by atoms with E-state index in [1.165, 1.54) is 5.56 Å². The molecule has 1 aliphatic heterocycles. The first-order chi connectivity index (χ1) is 9.13. The summed E-state index contributed by atoms with van der Waals surface area (Å²) in [7, 11) is 2.13. The highest BCUT2D eigenvalue weighted by Gasteiger charge is 2.24. The van der Waals surface area contributed by atoms with Crippen molar-refractivity contribution in [1.82, 2.24) is 9.80 Å². The van der Waals surface area contributed by atoms with Crippen molar-refractivity contribution in [3.63, 3.8) is 0 Å². The minimum absolute atomic E-state index is 0.179. The number of benzene rings is 1. The van der Waals surface area contributed by atoms with Crippen molar-refractivity contribution >= 4 is 5.97 Å². The van der Waals surface area contributed by atoms with Gasteiger partial charge in [0.25, 0.3) is 0 Å². The average Bonchev–Trinajstić information content (AvgIpc) is 2.76. The molecule has 0 bridgehead atoms. The van der Waals surface area contributed by atoms with Crippen molar-refractivity contribution < 1.29 is 9.90 Å². The number of carboxylic acids is 1. The Morgan fingerprint density at radius 1 is 1.42 bits per heavy atom. The van der Waals surface area contributed by atoms with Crippen LogP contribution >= 0.6 is 0 Å². The number of carboxylic acid groups (broad SMARTS) is 1. The molecular weight excluding hydrogens is 240 g/mol. The zero-order valence-corrected chi connectivity index (χ0v) is 11.5. The molecule has 0 radical (unpaired) electrons. The largest absolute Gasteiger partial charge is 0.480 e. The van der Waals surface area contributed by atoms with Crippen LogP contribution in [0.5, 0.6) is 0 Å². The maximum atomic E-state index is 10.7. The summed E-state index contributed by atoms with van der Waals surface area (Å²) in [6.45, 7) is 3.99. The van der Waals surface area contributed by atoms with Crippen molar-refractivity contribution in [3.8, 4) is 0 Å². The Kier molecular flexibility index (Phi) is 4.93. The van der Waals surface area contributed by atoms with Crippen molar-refractivity contribution in [2.75, 3.05) is 33.2 Å². The Bertz CT molecular complexity index is 408. The van der Waals surface area contributed by atoms with Crippen molar-refractivity contribution in [2.24, 2.45) is 5.92 Å². The molecule has 1 N–H and O–H groups in total. The van der Waals surface area contributed by atoms with E-state index < -0.39 is 5.97 Å². The fraction of sp³-hybridized carbons (Fsp3) is 0.533. The molecule has 0 amide bonds. The van der Waals surface area contributed by atoms with Gasteiger partial charge in [-0.2, -0.15) is 0 Å². The molecule has 1 aromatic carbocycles. The normalized spacial score (nSPS) is 20.0. The Hall–Kier alpha value is -1.39. The molecular formula is C15H22N2O2. The summed E-state index contributed by atoms with van der Waals surface area (Å²) in [6.07, 6.45) is 1.10. The molecule has 4 nitrogen and oxygen atoms in total. The molecule has 0 saturated carbocycles. The first-order valence-corrected chi connectivity index (χ1v) is 6.80. The Labute approximate surface area is 114 Å². The summed E-state index contributed by atoms with van der Waals surface area (Å²) >= 11 is 0. The molecule has 4 heteroatoms. The van der Waals surface area contributed by atoms with E-state index in [1.807, 2.05) is 11.0 Å². The third kappa shape index (κ3) is 4.65. The van der Waals surface area contributed by atoms with Crippen molar-refractivity contribution in [3.05, 3.63) is 35.9 Å². The van der Waals surface area contributed by atoms with Crippen LogP contribution < -0.4 is 0 Å². The third-order valence-electron chi connectivity index (χ3n) is 3.59. The van der Waals surface area contributed by atoms with Crippen LogP contribution in [0.4, 0.5) is 0 Å². The van der Waals surface area contributed by atoms with Gasteiger partial charge in [0.1, 0.15) is 0 Å². The minimum atomic E-state index is -0.724. The van der Waals surface area contributed by atoms with E-state index in [-0.39, 0.29) is 6.54 Å². The van der Waals surface area contributed by atoms with E-state index in [1.54, 1.807) is 0 Å². The topological polar surface area (TPSA) is 43.8 Å². The van der Waals surface area contributed by atoms with Crippen LogP contribution in [0.15, 0.2) is 30.3 Å². The van der Waals surface area contributed by atoms with Crippen LogP contribution in [-0.2, 0) is 11.3 Å². The number of likely N-dealkylation sites (tertiary alicyclic amines) is 1. The summed E-state index contributed by atoms with van der Waals surface area (Å²) in [4.78, 5) is 15.0. The lowest BCUT2D eigenvalue weighted by molar-refractivity contribution is -0.138. The summed E-state index contributed by atoms with van der Waals surface area (Å²) in [5.41, 5.74) is 1.32. The fourth-order valence-corrected chi connectivity index (χ4v) is 2.80. The molecule has 1 aromatic rings. The van der Waals surface area contributed by atoms with Gasteiger partial charge >= 0.3 is 5.97 Å². The van der Waals surface area contributed by atoms with E-state index in [0.29, 0.717) is 5.92 Å². The van der Waals surface area contributed by atoms with Gasteiger partial charge < -0.3 is 10.0 Å². The highest BCUT2D eigenvalue weighted by Crippen LogP contribution is 2.17. The van der Waals surface area contributed by atoms with Gasteiger partial charge in [0.05, 0.1) is 6.54 Å². The molecule has 0 spiro atoms. The molecule has 104 valence electrons. The Morgan fingerprint density at radius 2 is 2.16 bits per heavy atom. The standard InChI is InChI=1S/C15H22N2O2/c1-16(9-13-5-3-2-4-6-13)10-14-7-8-17(11-14)12-15(18)19/h2-6,14H,7-12H2,1H3,(H,18,19). The van der Waals surface area contributed by atoms with Crippen LogP contribution in [0.3, 0.4) is 0 Å². The van der Waals surface area contributed by atoms with Crippen LogP contribution in [0.25, 0.3) is 0 Å². The quantitative estimate of drug-likeness (QED) is 0.844. The maximum Gasteiger partial charge on any atom is 0.317 e. The number of carbonyl (C=O) groups is 1. The van der Waals surface area contributed by atoms with E-state index >= 15 is 0 Å². The predicted octanol–water partition coefficient (Wildman–Crippen LogP) is 1.52. The predicted molar refractivity (Wildman–Crippen MR) is 75.0 cm³/mol. The van der Waals surface area contributed by atoms with Gasteiger partial charge in [0.15, 0.2) is 0 Å². The second kappa shape index (κ2) is 6.68. The molecule has 1 atom stereocenters. The van der Waals surface area contributed by atoms with E-state index in [4.69, 9.17) is 5.11 Å². The molecule has 1 unspecified atom stereocenters. The van der Waals surface area contributed by atoms with Gasteiger partial charge in [-0.25, -0.2) is 0 Å². The van der Waals surface area contributed by atoms with Gasteiger partial charge in [-0.3, -0.25) is 9.69 Å². The lowest BCUT2D eigenvalue weighted by atomic mass is 10.1. The number of hydrogen-bond donors (Lipinski definition) is 1. The second-order valence-corrected chi connectivity index (χ2v) is 5.47. The molecule has 0 aliphatic carbocycles. The van der Waals surface area contributed by atoms with Crippen molar-refractivity contribution in [2.45, 2.75) is 13.0 Å². The third-order valence-corrected chi connectivity index (χ3v) is 3.59. The van der Waals surface area contributed by atoms with Crippen LogP contribution in [-0.4, -0.2) is 54.1 Å². The van der Waals surface area contributed by atoms with Crippen LogP contribution in [0.2, 0.25) is 0 Å². The smallest absolute Gasteiger partial charge is 0.317 e. The second-order valence-electron chi connectivity index (χ2n) is 5.47. The lowest BCUT2D eigenvalue weighted by Crippen LogP contribution is -2.30. The number of hydrogen-bond acceptors (Lipinski definition) is 3. The molecule has 1 fully saturated rings. The zero-order chi connectivity index (χ0) is 13.7. The van der Waals surface area contributed by atoms with Gasteiger partial charge in [0, 0.05) is 19.6 Å². The Morgan fingerprint density at radius 3 is 2.84 bits per heavy atom. The summed E-state index contributed by atoms with van der Waals surface area (Å²) < 4.78 is 0. The molecule has 0 aromatic heterocycles. The molecule has 1 aliphatic rings. The van der Waals surface area contributed by atoms with Gasteiger partial charge in [-0.05, 0) is 31.5 Å². The van der Waals surface area contributed by atoms with E-state index in [2.05, 4.69) is 36.2 Å². The lowest BCUT2D eigenvalue weighted by Gasteiger charge is -2.21. The first-order valence-electron chi connectivity index (χ1n) is 6.80. The summed E-state index contributed by atoms with van der Waals surface area (Å²) in [5.74, 6) is -0.133. The maximum absolute atomic E-state index is 10.7. The Balaban J connectivity index is 1.74. The molecule has 1 heterocycles. The van der Waals surface area contributed by atoms with E-state index in [9.17, 15) is 4.79 Å². The SMILES string of the molecule is CN(Cc1ccccc1)CC1CCN(CC(=O)O)C1. The molecule has 2 rings (SSSR count). The number of aliphatic carboxylic acids is 1. The van der Waals surface area contributed by atoms with Crippen molar-refractivity contribution in [1.29, 1.82) is 0 Å². The van der Waals surface area contributed by atoms with Gasteiger partial charge in [0.2, 0.25) is 0 Å². The molecule has 1 saturated heterocycles. The average molecular weight is 262 g/mol. The highest BCUT2D eigenvalue weighted by molar-refractivity contribution is 5.69. The minimum Gasteiger partial charge on any atom is -0.480 e. The number of nitrogens with zero attached hydrogens (tertiary/aromatic N) is 2. The van der Waals surface area contributed by atoms with Crippen LogP contribution in [0.1, 0.15) is 12.0 Å².